The van der Waals surface area contributed by atoms with E-state index in [1.165, 1.54) is 12.1 Å². The summed E-state index contributed by atoms with van der Waals surface area (Å²) in [5, 5.41) is 9.02. The summed E-state index contributed by atoms with van der Waals surface area (Å²) in [7, 11) is 1.60. The lowest BCUT2D eigenvalue weighted by Gasteiger charge is -2.09. The van der Waals surface area contributed by atoms with Gasteiger partial charge in [-0.05, 0) is 6.07 Å². The van der Waals surface area contributed by atoms with Crippen molar-refractivity contribution in [1.29, 1.82) is 0 Å². The van der Waals surface area contributed by atoms with Crippen LogP contribution in [0, 0.1) is 5.82 Å². The summed E-state index contributed by atoms with van der Waals surface area (Å²) in [6, 6.07) is 2.70. The van der Waals surface area contributed by atoms with Gasteiger partial charge in [0.2, 0.25) is 0 Å². The van der Waals surface area contributed by atoms with Gasteiger partial charge >= 0.3 is 0 Å². The van der Waals surface area contributed by atoms with Crippen molar-refractivity contribution in [2.45, 2.75) is 13.0 Å². The molecule has 1 aromatic carbocycles. The minimum absolute atomic E-state index is 0.0888. The largest absolute Gasteiger partial charge is 0.493 e. The molecule has 0 saturated carbocycles. The van der Waals surface area contributed by atoms with E-state index in [2.05, 4.69) is 0 Å². The predicted octanol–water partition coefficient (Wildman–Crippen LogP) is 2.39. The molecule has 0 aliphatic carbocycles. The number of aliphatic hydroxyl groups is 1. The van der Waals surface area contributed by atoms with E-state index in [9.17, 15) is 4.39 Å². The van der Waals surface area contributed by atoms with Crippen LogP contribution in [0.25, 0.3) is 0 Å². The summed E-state index contributed by atoms with van der Waals surface area (Å²) in [5.74, 6) is -0.201. The first kappa shape index (κ1) is 13.2. The maximum absolute atomic E-state index is 13.3. The van der Waals surface area contributed by atoms with Gasteiger partial charge in [-0.3, -0.25) is 0 Å². The number of rotatable bonds is 6. The molecule has 1 rings (SSSR count). The van der Waals surface area contributed by atoms with E-state index >= 15 is 0 Å². The van der Waals surface area contributed by atoms with Gasteiger partial charge in [-0.2, -0.15) is 0 Å². The van der Waals surface area contributed by atoms with Crippen molar-refractivity contribution in [3.8, 4) is 5.75 Å². The summed E-state index contributed by atoms with van der Waals surface area (Å²) < 4.78 is 23.5. The SMILES string of the molecule is COCCCOc1cc(F)c(CO)c(Cl)c1. The molecule has 0 unspecified atom stereocenters. The summed E-state index contributed by atoms with van der Waals surface area (Å²) >= 11 is 5.77. The quantitative estimate of drug-likeness (QED) is 0.786. The van der Waals surface area contributed by atoms with E-state index < -0.39 is 12.4 Å². The Morgan fingerprint density at radius 2 is 2.12 bits per heavy atom. The third-order valence-corrected chi connectivity index (χ3v) is 2.37. The number of aliphatic hydroxyl groups excluding tert-OH is 1. The maximum atomic E-state index is 13.3. The molecule has 0 heterocycles. The molecule has 3 nitrogen and oxygen atoms in total. The van der Waals surface area contributed by atoms with Gasteiger partial charge in [-0.15, -0.1) is 0 Å². The van der Waals surface area contributed by atoms with Crippen LogP contribution in [0.1, 0.15) is 12.0 Å². The monoisotopic (exact) mass is 248 g/mol. The Kier molecular flexibility index (Phi) is 5.52. The van der Waals surface area contributed by atoms with Crippen molar-refractivity contribution in [3.63, 3.8) is 0 Å². The Morgan fingerprint density at radius 1 is 1.38 bits per heavy atom. The number of halogens is 2. The lowest BCUT2D eigenvalue weighted by molar-refractivity contribution is 0.172. The van der Waals surface area contributed by atoms with Crippen molar-refractivity contribution in [2.24, 2.45) is 0 Å². The van der Waals surface area contributed by atoms with Crippen molar-refractivity contribution < 1.29 is 19.0 Å². The average Bonchev–Trinajstić information content (AvgIpc) is 2.24. The number of hydrogen-bond donors (Lipinski definition) is 1. The molecule has 90 valence electrons. The summed E-state index contributed by atoms with van der Waals surface area (Å²) in [5.41, 5.74) is 0.0888. The van der Waals surface area contributed by atoms with Gasteiger partial charge in [0.05, 0.1) is 18.2 Å². The van der Waals surface area contributed by atoms with Crippen LogP contribution in [-0.2, 0) is 11.3 Å². The highest BCUT2D eigenvalue weighted by Gasteiger charge is 2.09. The summed E-state index contributed by atoms with van der Waals surface area (Å²) in [6.07, 6.45) is 0.720. The van der Waals surface area contributed by atoms with Crippen molar-refractivity contribution >= 4 is 11.6 Å². The first-order valence-corrected chi connectivity index (χ1v) is 5.27. The molecule has 0 atom stereocenters. The van der Waals surface area contributed by atoms with Crippen molar-refractivity contribution in [1.82, 2.24) is 0 Å². The van der Waals surface area contributed by atoms with E-state index in [-0.39, 0.29) is 10.6 Å². The minimum atomic E-state index is -0.559. The second-order valence-electron chi connectivity index (χ2n) is 3.22. The molecular formula is C11H14ClFO3. The van der Waals surface area contributed by atoms with Gasteiger partial charge in [0.1, 0.15) is 11.6 Å². The maximum Gasteiger partial charge on any atom is 0.133 e. The van der Waals surface area contributed by atoms with Crippen LogP contribution in [0.2, 0.25) is 5.02 Å². The normalized spacial score (nSPS) is 10.5. The highest BCUT2D eigenvalue weighted by atomic mass is 35.5. The third kappa shape index (κ3) is 3.63. The van der Waals surface area contributed by atoms with Crippen LogP contribution in [-0.4, -0.2) is 25.4 Å². The second kappa shape index (κ2) is 6.68. The molecule has 0 bridgehead atoms. The van der Waals surface area contributed by atoms with Gasteiger partial charge in [0.15, 0.2) is 0 Å². The zero-order chi connectivity index (χ0) is 12.0. The van der Waals surface area contributed by atoms with Crippen LogP contribution in [0.3, 0.4) is 0 Å². The Labute approximate surface area is 98.7 Å². The molecular weight excluding hydrogens is 235 g/mol. The highest BCUT2D eigenvalue weighted by molar-refractivity contribution is 6.31. The summed E-state index contributed by atoms with van der Waals surface area (Å²) in [4.78, 5) is 0. The van der Waals surface area contributed by atoms with Crippen LogP contribution in [0.5, 0.6) is 5.75 Å². The third-order valence-electron chi connectivity index (χ3n) is 2.03. The average molecular weight is 249 g/mol. The van der Waals surface area contributed by atoms with Crippen LogP contribution >= 0.6 is 11.6 Å². The van der Waals surface area contributed by atoms with Crippen LogP contribution in [0.15, 0.2) is 12.1 Å². The fourth-order valence-corrected chi connectivity index (χ4v) is 1.47. The number of ether oxygens (including phenoxy) is 2. The molecule has 5 heteroatoms. The van der Waals surface area contributed by atoms with Gasteiger partial charge in [-0.1, -0.05) is 11.6 Å². The molecule has 1 aromatic rings. The first-order valence-electron chi connectivity index (χ1n) is 4.89. The lowest BCUT2D eigenvalue weighted by Crippen LogP contribution is -2.02. The smallest absolute Gasteiger partial charge is 0.133 e. The zero-order valence-corrected chi connectivity index (χ0v) is 9.76. The second-order valence-corrected chi connectivity index (χ2v) is 3.63. The van der Waals surface area contributed by atoms with Gasteiger partial charge in [0.25, 0.3) is 0 Å². The number of methoxy groups -OCH3 is 1. The molecule has 0 saturated heterocycles. The molecule has 0 aliphatic rings. The topological polar surface area (TPSA) is 38.7 Å². The number of benzene rings is 1. The minimum Gasteiger partial charge on any atom is -0.493 e. The van der Waals surface area contributed by atoms with Crippen LogP contribution < -0.4 is 4.74 Å². The predicted molar refractivity (Wildman–Crippen MR) is 59.3 cm³/mol. The van der Waals surface area contributed by atoms with Gasteiger partial charge in [-0.25, -0.2) is 4.39 Å². The first-order chi connectivity index (χ1) is 7.69. The lowest BCUT2D eigenvalue weighted by atomic mass is 10.2. The molecule has 0 radical (unpaired) electrons. The summed E-state index contributed by atoms with van der Waals surface area (Å²) in [6.45, 7) is 0.599. The zero-order valence-electron chi connectivity index (χ0n) is 9.00. The Bertz CT molecular complexity index is 321. The molecule has 0 aromatic heterocycles. The molecule has 0 amide bonds. The molecule has 16 heavy (non-hydrogen) atoms. The van der Waals surface area contributed by atoms with E-state index in [1.54, 1.807) is 7.11 Å². The van der Waals surface area contributed by atoms with Gasteiger partial charge < -0.3 is 14.6 Å². The van der Waals surface area contributed by atoms with E-state index in [1.807, 2.05) is 0 Å². The number of hydrogen-bond acceptors (Lipinski definition) is 3. The molecule has 0 aliphatic heterocycles. The van der Waals surface area contributed by atoms with E-state index in [4.69, 9.17) is 26.2 Å². The van der Waals surface area contributed by atoms with E-state index in [0.29, 0.717) is 19.0 Å². The molecule has 1 N–H and O–H groups in total. The fourth-order valence-electron chi connectivity index (χ4n) is 1.21. The Hall–Kier alpha value is -0.840. The Morgan fingerprint density at radius 3 is 2.69 bits per heavy atom. The van der Waals surface area contributed by atoms with Crippen molar-refractivity contribution in [3.05, 3.63) is 28.5 Å². The van der Waals surface area contributed by atoms with Gasteiger partial charge in [0, 0.05) is 31.8 Å². The van der Waals surface area contributed by atoms with E-state index in [0.717, 1.165) is 6.42 Å². The molecule has 0 spiro atoms. The fraction of sp³-hybridized carbons (Fsp3) is 0.455. The Balaban J connectivity index is 2.61. The highest BCUT2D eigenvalue weighted by Crippen LogP contribution is 2.25. The molecule has 0 fully saturated rings. The van der Waals surface area contributed by atoms with Crippen LogP contribution in [0.4, 0.5) is 4.39 Å². The van der Waals surface area contributed by atoms with Crippen molar-refractivity contribution in [2.75, 3.05) is 20.3 Å². The standard InChI is InChI=1S/C11H14ClFO3/c1-15-3-2-4-16-8-5-10(12)9(7-14)11(13)6-8/h5-6,14H,2-4,7H2,1H3.